The molecule has 0 bridgehead atoms. The Hall–Kier alpha value is -2.60. The molecule has 0 saturated carbocycles. The zero-order valence-electron chi connectivity index (χ0n) is 12.3. The molecule has 0 atom stereocenters. The Kier molecular flexibility index (Phi) is 4.96. The van der Waals surface area contributed by atoms with Crippen molar-refractivity contribution >= 4 is 30.4 Å². The number of hydrogen-bond acceptors (Lipinski definition) is 5. The number of carbonyl (C=O) groups is 2. The summed E-state index contributed by atoms with van der Waals surface area (Å²) in [6.45, 7) is -0.964. The number of hydrogen-bond donors (Lipinski definition) is 1. The normalized spacial score (nSPS) is 9.95. The Bertz CT molecular complexity index is 639. The van der Waals surface area contributed by atoms with Gasteiger partial charge in [-0.2, -0.15) is 0 Å². The maximum atomic E-state index is 11.1. The molecule has 2 rings (SSSR count). The summed E-state index contributed by atoms with van der Waals surface area (Å²) in [5.41, 5.74) is 1.76. The second-order valence-electron chi connectivity index (χ2n) is 4.64. The van der Waals surface area contributed by atoms with Gasteiger partial charge >= 0.3 is 6.92 Å². The van der Waals surface area contributed by atoms with Gasteiger partial charge in [0.05, 0.1) is 25.3 Å². The molecule has 5 nitrogen and oxygen atoms in total. The van der Waals surface area contributed by atoms with E-state index >= 15 is 0 Å². The fraction of sp³-hybridized carbons (Fsp3) is 0.125. The van der Waals surface area contributed by atoms with Crippen molar-refractivity contribution in [1.82, 2.24) is 0 Å². The first kappa shape index (κ1) is 15.8. The minimum absolute atomic E-state index is 0.350. The van der Waals surface area contributed by atoms with E-state index in [0.29, 0.717) is 46.1 Å². The van der Waals surface area contributed by atoms with Crippen molar-refractivity contribution in [2.24, 2.45) is 0 Å². The van der Waals surface area contributed by atoms with Gasteiger partial charge in [0.2, 0.25) is 0 Å². The first-order valence-corrected chi connectivity index (χ1v) is 6.59. The lowest BCUT2D eigenvalue weighted by molar-refractivity contribution is 0.111. The van der Waals surface area contributed by atoms with Gasteiger partial charge in [-0.15, -0.1) is 0 Å². The van der Waals surface area contributed by atoms with Crippen molar-refractivity contribution < 1.29 is 24.1 Å². The third kappa shape index (κ3) is 3.02. The van der Waals surface area contributed by atoms with Gasteiger partial charge in [0.25, 0.3) is 0 Å². The Labute approximate surface area is 128 Å². The lowest BCUT2D eigenvalue weighted by Gasteiger charge is -2.12. The van der Waals surface area contributed by atoms with Crippen LogP contribution in [0.1, 0.15) is 20.7 Å². The minimum Gasteiger partial charge on any atom is -0.496 e. The van der Waals surface area contributed by atoms with Gasteiger partial charge in [-0.25, -0.2) is 0 Å². The van der Waals surface area contributed by atoms with Gasteiger partial charge in [-0.05, 0) is 23.1 Å². The molecule has 0 amide bonds. The third-order valence-corrected chi connectivity index (χ3v) is 3.39. The summed E-state index contributed by atoms with van der Waals surface area (Å²) >= 11 is 0. The highest BCUT2D eigenvalue weighted by Crippen LogP contribution is 2.16. The Morgan fingerprint density at radius 3 is 1.59 bits per heavy atom. The SMILES string of the molecule is COc1ccc(B(O)c2ccc(OC)c(C=O)c2)cc1C=O. The maximum absolute atomic E-state index is 11.1. The quantitative estimate of drug-likeness (QED) is 0.618. The molecule has 0 unspecified atom stereocenters. The first-order chi connectivity index (χ1) is 10.6. The molecule has 2 aromatic carbocycles. The Morgan fingerprint density at radius 1 is 0.864 bits per heavy atom. The van der Waals surface area contributed by atoms with Crippen molar-refractivity contribution in [2.45, 2.75) is 0 Å². The van der Waals surface area contributed by atoms with Crippen LogP contribution in [0.25, 0.3) is 0 Å². The number of ether oxygens (including phenoxy) is 2. The van der Waals surface area contributed by atoms with Gasteiger partial charge in [-0.1, -0.05) is 24.3 Å². The molecular weight excluding hydrogens is 283 g/mol. The van der Waals surface area contributed by atoms with Crippen molar-refractivity contribution in [3.05, 3.63) is 47.5 Å². The van der Waals surface area contributed by atoms with Crippen LogP contribution < -0.4 is 20.4 Å². The predicted molar refractivity (Wildman–Crippen MR) is 84.0 cm³/mol. The number of benzene rings is 2. The zero-order chi connectivity index (χ0) is 16.1. The smallest absolute Gasteiger partial charge is 0.359 e. The molecule has 0 heterocycles. The maximum Gasteiger partial charge on any atom is 0.359 e. The molecule has 2 aromatic rings. The first-order valence-electron chi connectivity index (χ1n) is 6.59. The standard InChI is InChI=1S/C16H15BO5/c1-21-15-5-3-13(7-11(15)9-18)17(20)14-4-6-16(22-2)12(8-14)10-19/h3-10,20H,1-2H3. The molecule has 0 saturated heterocycles. The van der Waals surface area contributed by atoms with E-state index in [1.165, 1.54) is 14.2 Å². The van der Waals surface area contributed by atoms with Crippen LogP contribution in [0.4, 0.5) is 0 Å². The van der Waals surface area contributed by atoms with Crippen LogP contribution in [0, 0.1) is 0 Å². The second kappa shape index (κ2) is 6.91. The van der Waals surface area contributed by atoms with Crippen LogP contribution in [0.5, 0.6) is 11.5 Å². The second-order valence-corrected chi connectivity index (χ2v) is 4.64. The molecule has 112 valence electrons. The largest absolute Gasteiger partial charge is 0.496 e. The predicted octanol–water partition coefficient (Wildman–Crippen LogP) is 0.427. The monoisotopic (exact) mass is 298 g/mol. The fourth-order valence-corrected chi connectivity index (χ4v) is 2.22. The molecule has 0 aliphatic rings. The van der Waals surface area contributed by atoms with E-state index in [9.17, 15) is 14.6 Å². The van der Waals surface area contributed by atoms with Crippen LogP contribution in [0.15, 0.2) is 36.4 Å². The number of aldehydes is 2. The van der Waals surface area contributed by atoms with Crippen LogP contribution >= 0.6 is 0 Å². The Morgan fingerprint density at radius 2 is 1.27 bits per heavy atom. The third-order valence-electron chi connectivity index (χ3n) is 3.39. The molecule has 0 spiro atoms. The summed E-state index contributed by atoms with van der Waals surface area (Å²) < 4.78 is 10.1. The fourth-order valence-electron chi connectivity index (χ4n) is 2.22. The van der Waals surface area contributed by atoms with E-state index in [2.05, 4.69) is 0 Å². The van der Waals surface area contributed by atoms with Crippen LogP contribution in [-0.2, 0) is 0 Å². The minimum atomic E-state index is -0.964. The zero-order valence-corrected chi connectivity index (χ0v) is 12.3. The van der Waals surface area contributed by atoms with E-state index in [4.69, 9.17) is 9.47 Å². The molecule has 22 heavy (non-hydrogen) atoms. The van der Waals surface area contributed by atoms with E-state index in [0.717, 1.165) is 0 Å². The van der Waals surface area contributed by atoms with E-state index < -0.39 is 6.92 Å². The van der Waals surface area contributed by atoms with Crippen molar-refractivity contribution in [3.63, 3.8) is 0 Å². The van der Waals surface area contributed by atoms with E-state index in [1.807, 2.05) is 0 Å². The molecule has 0 aliphatic heterocycles. The summed E-state index contributed by atoms with van der Waals surface area (Å²) in [6.07, 6.45) is 1.33. The van der Waals surface area contributed by atoms with Gasteiger partial charge in [0.1, 0.15) is 11.5 Å². The van der Waals surface area contributed by atoms with Gasteiger partial charge < -0.3 is 14.5 Å². The molecule has 1 N–H and O–H groups in total. The molecule has 0 radical (unpaired) electrons. The van der Waals surface area contributed by atoms with Gasteiger partial charge in [0, 0.05) is 0 Å². The summed E-state index contributed by atoms with van der Waals surface area (Å²) in [5, 5.41) is 10.4. The topological polar surface area (TPSA) is 72.8 Å². The molecule has 0 aromatic heterocycles. The average Bonchev–Trinajstić information content (AvgIpc) is 2.59. The van der Waals surface area contributed by atoms with E-state index in [-0.39, 0.29) is 0 Å². The van der Waals surface area contributed by atoms with Crippen molar-refractivity contribution in [3.8, 4) is 11.5 Å². The summed E-state index contributed by atoms with van der Waals surface area (Å²) in [7, 11) is 2.94. The van der Waals surface area contributed by atoms with Gasteiger partial charge in [-0.3, -0.25) is 9.59 Å². The van der Waals surface area contributed by atoms with Crippen LogP contribution in [-0.4, -0.2) is 38.7 Å². The summed E-state index contributed by atoms with van der Waals surface area (Å²) in [6, 6.07) is 9.68. The summed E-state index contributed by atoms with van der Waals surface area (Å²) in [5.74, 6) is 0.878. The number of rotatable bonds is 6. The van der Waals surface area contributed by atoms with Crippen molar-refractivity contribution in [2.75, 3.05) is 14.2 Å². The number of carbonyl (C=O) groups excluding carboxylic acids is 2. The number of methoxy groups -OCH3 is 2. The lowest BCUT2D eigenvalue weighted by Crippen LogP contribution is -2.42. The highest BCUT2D eigenvalue weighted by Gasteiger charge is 2.20. The molecule has 0 aliphatic carbocycles. The van der Waals surface area contributed by atoms with Gasteiger partial charge in [0.15, 0.2) is 12.6 Å². The van der Waals surface area contributed by atoms with Crippen molar-refractivity contribution in [1.29, 1.82) is 0 Å². The average molecular weight is 298 g/mol. The van der Waals surface area contributed by atoms with Crippen LogP contribution in [0.3, 0.4) is 0 Å². The molecule has 6 heteroatoms. The lowest BCUT2D eigenvalue weighted by atomic mass is 9.55. The molecule has 0 fully saturated rings. The molecular formula is C16H15BO5. The highest BCUT2D eigenvalue weighted by atomic mass is 16.5. The van der Waals surface area contributed by atoms with E-state index in [1.54, 1.807) is 36.4 Å². The van der Waals surface area contributed by atoms with Crippen LogP contribution in [0.2, 0.25) is 0 Å². The highest BCUT2D eigenvalue weighted by molar-refractivity contribution is 6.79. The Balaban J connectivity index is 2.41. The summed E-state index contributed by atoms with van der Waals surface area (Å²) in [4.78, 5) is 22.1.